The number of nitrogens with zero attached hydrogens (tertiary/aromatic N) is 2. The fourth-order valence-corrected chi connectivity index (χ4v) is 2.86. The van der Waals surface area contributed by atoms with E-state index in [1.807, 2.05) is 0 Å². The third-order valence-electron chi connectivity index (χ3n) is 4.31. The van der Waals surface area contributed by atoms with Gasteiger partial charge in [0.25, 0.3) is 0 Å². The van der Waals surface area contributed by atoms with Gasteiger partial charge in [0.2, 0.25) is 5.95 Å². The van der Waals surface area contributed by atoms with Gasteiger partial charge in [0.1, 0.15) is 12.0 Å². The molecule has 9 heteroatoms. The second-order valence-electron chi connectivity index (χ2n) is 6.13. The molecular weight excluding hydrogens is 355 g/mol. The van der Waals surface area contributed by atoms with Crippen LogP contribution in [-0.2, 0) is 6.18 Å². The number of nitrogens with one attached hydrogen (secondary N) is 2. The zero-order chi connectivity index (χ0) is 18.9. The van der Waals surface area contributed by atoms with Crippen LogP contribution in [0.15, 0.2) is 24.4 Å². The van der Waals surface area contributed by atoms with Crippen LogP contribution in [0.4, 0.5) is 27.9 Å². The van der Waals surface area contributed by atoms with Crippen LogP contribution < -0.4 is 10.6 Å². The minimum atomic E-state index is -4.61. The molecule has 0 unspecified atom stereocenters. The number of benzene rings is 1. The van der Waals surface area contributed by atoms with Crippen molar-refractivity contribution in [3.8, 4) is 11.1 Å². The maximum Gasteiger partial charge on any atom is 0.416 e. The van der Waals surface area contributed by atoms with Crippen LogP contribution >= 0.6 is 0 Å². The second kappa shape index (κ2) is 7.14. The van der Waals surface area contributed by atoms with Gasteiger partial charge in [-0.2, -0.15) is 13.2 Å². The van der Waals surface area contributed by atoms with Crippen LogP contribution in [0.2, 0.25) is 0 Å². The van der Waals surface area contributed by atoms with Gasteiger partial charge in [0.15, 0.2) is 0 Å². The molecule has 2 heterocycles. The first kappa shape index (κ1) is 18.5. The smallest absolute Gasteiger partial charge is 0.353 e. The second-order valence-corrected chi connectivity index (χ2v) is 6.13. The standard InChI is InChI=1S/C17H17F5N4/c1-9-12(11-3-2-10(6-14(11)19)17(20,21)22)7-24-16(26-9)25-8-15-13(18)4-5-23-15/h2-3,6-7,13,15,23H,4-5,8H2,1H3,(H,24,25,26)/t13-,15+/m1/s1. The van der Waals surface area contributed by atoms with Crippen LogP contribution in [0.25, 0.3) is 11.1 Å². The van der Waals surface area contributed by atoms with Crippen molar-refractivity contribution in [2.24, 2.45) is 0 Å². The third kappa shape index (κ3) is 3.92. The molecule has 0 spiro atoms. The topological polar surface area (TPSA) is 49.8 Å². The van der Waals surface area contributed by atoms with Gasteiger partial charge in [0.05, 0.1) is 17.3 Å². The van der Waals surface area contributed by atoms with E-state index in [-0.39, 0.29) is 17.6 Å². The van der Waals surface area contributed by atoms with Gasteiger partial charge in [-0.15, -0.1) is 0 Å². The van der Waals surface area contributed by atoms with Crippen LogP contribution in [0, 0.1) is 12.7 Å². The molecule has 0 saturated carbocycles. The molecule has 2 aromatic rings. The Hall–Kier alpha value is -2.29. The molecule has 0 aliphatic carbocycles. The monoisotopic (exact) mass is 372 g/mol. The predicted octanol–water partition coefficient (Wildman–Crippen LogP) is 3.72. The van der Waals surface area contributed by atoms with Crippen LogP contribution in [0.3, 0.4) is 0 Å². The molecule has 3 rings (SSSR count). The average Bonchev–Trinajstić information content (AvgIpc) is 2.98. The fourth-order valence-electron chi connectivity index (χ4n) is 2.86. The highest BCUT2D eigenvalue weighted by Crippen LogP contribution is 2.33. The highest BCUT2D eigenvalue weighted by molar-refractivity contribution is 5.66. The van der Waals surface area contributed by atoms with E-state index in [2.05, 4.69) is 20.6 Å². The van der Waals surface area contributed by atoms with Crippen molar-refractivity contribution in [2.75, 3.05) is 18.4 Å². The summed E-state index contributed by atoms with van der Waals surface area (Å²) >= 11 is 0. The van der Waals surface area contributed by atoms with Gasteiger partial charge in [-0.05, 0) is 32.0 Å². The van der Waals surface area contributed by atoms with Gasteiger partial charge >= 0.3 is 6.18 Å². The summed E-state index contributed by atoms with van der Waals surface area (Å²) in [6, 6.07) is 2.00. The number of halogens is 5. The molecule has 4 nitrogen and oxygen atoms in total. The van der Waals surface area contributed by atoms with E-state index in [0.29, 0.717) is 36.8 Å². The Bertz CT molecular complexity index is 793. The number of rotatable bonds is 4. The first-order chi connectivity index (χ1) is 12.3. The maximum absolute atomic E-state index is 14.1. The molecule has 0 bridgehead atoms. The Labute approximate surface area is 146 Å². The number of hydrogen-bond acceptors (Lipinski definition) is 4. The summed E-state index contributed by atoms with van der Waals surface area (Å²) in [7, 11) is 0. The molecule has 2 N–H and O–H groups in total. The molecule has 1 saturated heterocycles. The van der Waals surface area contributed by atoms with E-state index >= 15 is 0 Å². The number of hydrogen-bond donors (Lipinski definition) is 2. The molecule has 26 heavy (non-hydrogen) atoms. The van der Waals surface area contributed by atoms with Crippen molar-refractivity contribution in [3.63, 3.8) is 0 Å². The molecule has 140 valence electrons. The van der Waals surface area contributed by atoms with Crippen molar-refractivity contribution >= 4 is 5.95 Å². The van der Waals surface area contributed by atoms with Gasteiger partial charge in [-0.1, -0.05) is 6.07 Å². The van der Waals surface area contributed by atoms with E-state index in [9.17, 15) is 22.0 Å². The SMILES string of the molecule is Cc1nc(NC[C@@H]2NCC[C@H]2F)ncc1-c1ccc(C(F)(F)F)cc1F. The van der Waals surface area contributed by atoms with Gasteiger partial charge in [-0.3, -0.25) is 0 Å². The molecule has 2 atom stereocenters. The minimum absolute atomic E-state index is 0.0108. The Morgan fingerprint density at radius 1 is 1.27 bits per heavy atom. The minimum Gasteiger partial charge on any atom is -0.353 e. The van der Waals surface area contributed by atoms with E-state index in [1.54, 1.807) is 6.92 Å². The molecule has 1 fully saturated rings. The Balaban J connectivity index is 1.77. The normalized spacial score (nSPS) is 20.4. The van der Waals surface area contributed by atoms with Crippen molar-refractivity contribution in [1.82, 2.24) is 15.3 Å². The number of aromatic nitrogens is 2. The molecule has 1 aliphatic rings. The zero-order valence-electron chi connectivity index (χ0n) is 13.9. The summed E-state index contributed by atoms with van der Waals surface area (Å²) in [5.74, 6) is -0.748. The van der Waals surface area contributed by atoms with E-state index in [0.717, 1.165) is 12.1 Å². The number of anilines is 1. The van der Waals surface area contributed by atoms with Crippen molar-refractivity contribution < 1.29 is 22.0 Å². The lowest BCUT2D eigenvalue weighted by Gasteiger charge is -2.15. The summed E-state index contributed by atoms with van der Waals surface area (Å²) in [5, 5.41) is 5.93. The van der Waals surface area contributed by atoms with Crippen LogP contribution in [0.5, 0.6) is 0 Å². The van der Waals surface area contributed by atoms with Crippen LogP contribution in [0.1, 0.15) is 17.7 Å². The van der Waals surface area contributed by atoms with Gasteiger partial charge in [0, 0.05) is 23.9 Å². The summed E-state index contributed by atoms with van der Waals surface area (Å²) in [6.07, 6.45) is -3.76. The summed E-state index contributed by atoms with van der Waals surface area (Å²) in [6.45, 7) is 2.51. The quantitative estimate of drug-likeness (QED) is 0.804. The molecule has 0 radical (unpaired) electrons. The van der Waals surface area contributed by atoms with E-state index in [1.165, 1.54) is 6.20 Å². The molecule has 1 aromatic heterocycles. The Morgan fingerprint density at radius 2 is 2.04 bits per heavy atom. The highest BCUT2D eigenvalue weighted by atomic mass is 19.4. The first-order valence-electron chi connectivity index (χ1n) is 8.08. The van der Waals surface area contributed by atoms with Crippen molar-refractivity contribution in [3.05, 3.63) is 41.5 Å². The van der Waals surface area contributed by atoms with Gasteiger partial charge < -0.3 is 10.6 Å². The Morgan fingerprint density at radius 3 is 2.62 bits per heavy atom. The average molecular weight is 372 g/mol. The van der Waals surface area contributed by atoms with Crippen LogP contribution in [-0.4, -0.2) is 35.3 Å². The molecular formula is C17H17F5N4. The van der Waals surface area contributed by atoms with Crippen molar-refractivity contribution in [1.29, 1.82) is 0 Å². The van der Waals surface area contributed by atoms with Gasteiger partial charge in [-0.25, -0.2) is 18.7 Å². The maximum atomic E-state index is 14.1. The summed E-state index contributed by atoms with van der Waals surface area (Å²) in [4.78, 5) is 8.24. The molecule has 1 aromatic carbocycles. The summed E-state index contributed by atoms with van der Waals surface area (Å²) < 4.78 is 65.6. The number of alkyl halides is 4. The largest absolute Gasteiger partial charge is 0.416 e. The van der Waals surface area contributed by atoms with Crippen molar-refractivity contribution in [2.45, 2.75) is 31.7 Å². The predicted molar refractivity (Wildman–Crippen MR) is 87.0 cm³/mol. The number of aryl methyl sites for hydroxylation is 1. The van der Waals surface area contributed by atoms with E-state index in [4.69, 9.17) is 0 Å². The fraction of sp³-hybridized carbons (Fsp3) is 0.412. The zero-order valence-corrected chi connectivity index (χ0v) is 13.9. The lowest BCUT2D eigenvalue weighted by Crippen LogP contribution is -2.35. The molecule has 1 aliphatic heterocycles. The third-order valence-corrected chi connectivity index (χ3v) is 4.31. The summed E-state index contributed by atoms with van der Waals surface area (Å²) in [5.41, 5.74) is -0.370. The Kier molecular flexibility index (Phi) is 5.08. The first-order valence-corrected chi connectivity index (χ1v) is 8.08. The lowest BCUT2D eigenvalue weighted by atomic mass is 10.0. The lowest BCUT2D eigenvalue weighted by molar-refractivity contribution is -0.137. The van der Waals surface area contributed by atoms with E-state index < -0.39 is 23.7 Å². The highest BCUT2D eigenvalue weighted by Gasteiger charge is 2.31. The molecule has 0 amide bonds.